The van der Waals surface area contributed by atoms with Crippen LogP contribution in [-0.2, 0) is 4.74 Å². The van der Waals surface area contributed by atoms with Crippen LogP contribution in [0.5, 0.6) is 0 Å². The maximum absolute atomic E-state index is 5.72. The Morgan fingerprint density at radius 1 is 1.43 bits per heavy atom. The number of fused-ring (bicyclic) bond motifs is 1. The fourth-order valence-corrected chi connectivity index (χ4v) is 2.57. The van der Waals surface area contributed by atoms with Crippen molar-refractivity contribution >= 4 is 0 Å². The van der Waals surface area contributed by atoms with Crippen LogP contribution in [0.25, 0.3) is 0 Å². The minimum absolute atomic E-state index is 0.299. The molecule has 0 spiro atoms. The first kappa shape index (κ1) is 10.4. The van der Waals surface area contributed by atoms with E-state index in [0.717, 1.165) is 18.6 Å². The van der Waals surface area contributed by atoms with E-state index < -0.39 is 0 Å². The van der Waals surface area contributed by atoms with E-state index in [-0.39, 0.29) is 0 Å². The van der Waals surface area contributed by atoms with Crippen molar-refractivity contribution in [3.8, 4) is 0 Å². The highest BCUT2D eigenvalue weighted by Gasteiger charge is 2.44. The molecule has 0 radical (unpaired) electrons. The topological polar surface area (TPSA) is 21.3 Å². The third-order valence-corrected chi connectivity index (χ3v) is 3.95. The molecule has 2 rings (SSSR count). The lowest BCUT2D eigenvalue weighted by Crippen LogP contribution is -2.61. The minimum Gasteiger partial charge on any atom is -0.378 e. The minimum atomic E-state index is 0.299. The van der Waals surface area contributed by atoms with Crippen molar-refractivity contribution in [3.63, 3.8) is 0 Å². The van der Waals surface area contributed by atoms with E-state index >= 15 is 0 Å². The van der Waals surface area contributed by atoms with Gasteiger partial charge in [0, 0.05) is 24.1 Å². The van der Waals surface area contributed by atoms with E-state index in [9.17, 15) is 0 Å². The van der Waals surface area contributed by atoms with Gasteiger partial charge in [0.05, 0.1) is 6.10 Å². The zero-order chi connectivity index (χ0) is 10.2. The van der Waals surface area contributed by atoms with Gasteiger partial charge < -0.3 is 10.1 Å². The van der Waals surface area contributed by atoms with Gasteiger partial charge in [-0.25, -0.2) is 0 Å². The van der Waals surface area contributed by atoms with E-state index in [1.54, 1.807) is 0 Å². The van der Waals surface area contributed by atoms with Crippen LogP contribution in [0.1, 0.15) is 46.5 Å². The van der Waals surface area contributed by atoms with Crippen LogP contribution in [0.2, 0.25) is 0 Å². The van der Waals surface area contributed by atoms with Gasteiger partial charge in [-0.2, -0.15) is 0 Å². The Hall–Kier alpha value is -0.0800. The second-order valence-corrected chi connectivity index (χ2v) is 5.44. The molecule has 1 heterocycles. The zero-order valence-corrected chi connectivity index (χ0v) is 9.68. The average molecular weight is 197 g/mol. The number of ether oxygens (including phenoxy) is 1. The van der Waals surface area contributed by atoms with Crippen molar-refractivity contribution in [2.45, 2.75) is 64.1 Å². The highest BCUT2D eigenvalue weighted by Crippen LogP contribution is 2.38. The van der Waals surface area contributed by atoms with Crippen LogP contribution in [-0.4, -0.2) is 24.3 Å². The third-order valence-electron chi connectivity index (χ3n) is 3.95. The maximum Gasteiger partial charge on any atom is 0.0633 e. The summed E-state index contributed by atoms with van der Waals surface area (Å²) in [5.41, 5.74) is 0.299. The molecule has 0 aromatic heterocycles. The summed E-state index contributed by atoms with van der Waals surface area (Å²) >= 11 is 0. The summed E-state index contributed by atoms with van der Waals surface area (Å²) in [6.45, 7) is 7.83. The zero-order valence-electron chi connectivity index (χ0n) is 9.68. The van der Waals surface area contributed by atoms with E-state index in [4.69, 9.17) is 4.74 Å². The molecule has 1 saturated heterocycles. The smallest absolute Gasteiger partial charge is 0.0633 e. The highest BCUT2D eigenvalue weighted by atomic mass is 16.5. The van der Waals surface area contributed by atoms with E-state index in [1.165, 1.54) is 25.7 Å². The molecule has 1 aliphatic carbocycles. The second kappa shape index (κ2) is 3.82. The fourth-order valence-electron chi connectivity index (χ4n) is 2.57. The quantitative estimate of drug-likeness (QED) is 0.750. The fraction of sp³-hybridized carbons (Fsp3) is 1.00. The predicted molar refractivity (Wildman–Crippen MR) is 58.4 cm³/mol. The van der Waals surface area contributed by atoms with Crippen molar-refractivity contribution in [3.05, 3.63) is 0 Å². The summed E-state index contributed by atoms with van der Waals surface area (Å²) in [5, 5.41) is 3.76. The highest BCUT2D eigenvalue weighted by molar-refractivity contribution is 4.99. The largest absolute Gasteiger partial charge is 0.378 e. The van der Waals surface area contributed by atoms with Crippen molar-refractivity contribution in [2.75, 3.05) is 6.61 Å². The second-order valence-electron chi connectivity index (χ2n) is 5.44. The first-order chi connectivity index (χ1) is 6.62. The lowest BCUT2D eigenvalue weighted by Gasteiger charge is -2.50. The maximum atomic E-state index is 5.72. The van der Waals surface area contributed by atoms with Gasteiger partial charge in [0.25, 0.3) is 0 Å². The molecule has 3 atom stereocenters. The van der Waals surface area contributed by atoms with E-state index in [1.807, 2.05) is 0 Å². The van der Waals surface area contributed by atoms with Crippen molar-refractivity contribution in [2.24, 2.45) is 5.92 Å². The first-order valence-electron chi connectivity index (χ1n) is 6.02. The number of rotatable bonds is 3. The van der Waals surface area contributed by atoms with Crippen molar-refractivity contribution < 1.29 is 4.74 Å². The molecule has 0 aromatic carbocycles. The molecule has 1 saturated carbocycles. The van der Waals surface area contributed by atoms with Gasteiger partial charge in [-0.3, -0.25) is 0 Å². The third kappa shape index (κ3) is 1.96. The molecule has 1 N–H and O–H groups in total. The number of nitrogens with one attached hydrogen (secondary N) is 1. The van der Waals surface area contributed by atoms with Crippen LogP contribution in [0.4, 0.5) is 0 Å². The molecule has 2 aliphatic rings. The molecule has 2 heteroatoms. The summed E-state index contributed by atoms with van der Waals surface area (Å²) in [7, 11) is 0. The van der Waals surface area contributed by atoms with Crippen LogP contribution in [0, 0.1) is 5.92 Å². The SMILES string of the molecule is CCC(C)(C)NC1CC2OCCCC12. The number of hydrogen-bond acceptors (Lipinski definition) is 2. The summed E-state index contributed by atoms with van der Waals surface area (Å²) < 4.78 is 5.72. The molecule has 0 amide bonds. The van der Waals surface area contributed by atoms with Gasteiger partial charge in [0.15, 0.2) is 0 Å². The van der Waals surface area contributed by atoms with Gasteiger partial charge in [0.1, 0.15) is 0 Å². The Bertz CT molecular complexity index is 202. The van der Waals surface area contributed by atoms with Crippen LogP contribution >= 0.6 is 0 Å². The Balaban J connectivity index is 1.84. The molecule has 3 unspecified atom stereocenters. The van der Waals surface area contributed by atoms with Gasteiger partial charge >= 0.3 is 0 Å². The molecule has 2 nitrogen and oxygen atoms in total. The summed E-state index contributed by atoms with van der Waals surface area (Å²) in [5.74, 6) is 0.801. The molecular weight excluding hydrogens is 174 g/mol. The number of hydrogen-bond donors (Lipinski definition) is 1. The van der Waals surface area contributed by atoms with Crippen molar-refractivity contribution in [1.82, 2.24) is 5.32 Å². The van der Waals surface area contributed by atoms with Gasteiger partial charge in [-0.15, -0.1) is 0 Å². The van der Waals surface area contributed by atoms with Gasteiger partial charge in [0.2, 0.25) is 0 Å². The molecule has 2 fully saturated rings. The van der Waals surface area contributed by atoms with E-state index in [0.29, 0.717) is 11.6 Å². The Labute approximate surface area is 87.4 Å². The van der Waals surface area contributed by atoms with Gasteiger partial charge in [-0.1, -0.05) is 6.92 Å². The van der Waals surface area contributed by atoms with Crippen LogP contribution in [0.15, 0.2) is 0 Å². The molecule has 0 bridgehead atoms. The first-order valence-corrected chi connectivity index (χ1v) is 6.02. The Kier molecular flexibility index (Phi) is 2.85. The monoisotopic (exact) mass is 197 g/mol. The normalized spacial score (nSPS) is 37.5. The van der Waals surface area contributed by atoms with Crippen LogP contribution < -0.4 is 5.32 Å². The lowest BCUT2D eigenvalue weighted by atomic mass is 9.71. The average Bonchev–Trinajstić information content (AvgIpc) is 2.15. The standard InChI is InChI=1S/C12H23NO/c1-4-12(2,3)13-10-8-11-9(10)6-5-7-14-11/h9-11,13H,4-8H2,1-3H3. The van der Waals surface area contributed by atoms with Gasteiger partial charge in [-0.05, 0) is 39.5 Å². The lowest BCUT2D eigenvalue weighted by molar-refractivity contribution is -0.108. The molecule has 82 valence electrons. The van der Waals surface area contributed by atoms with Crippen molar-refractivity contribution in [1.29, 1.82) is 0 Å². The predicted octanol–water partition coefficient (Wildman–Crippen LogP) is 2.33. The summed E-state index contributed by atoms with van der Waals surface area (Å²) in [4.78, 5) is 0. The Morgan fingerprint density at radius 2 is 2.21 bits per heavy atom. The molecular formula is C12H23NO. The van der Waals surface area contributed by atoms with Crippen LogP contribution in [0.3, 0.4) is 0 Å². The summed E-state index contributed by atoms with van der Waals surface area (Å²) in [6, 6.07) is 0.718. The van der Waals surface area contributed by atoms with E-state index in [2.05, 4.69) is 26.1 Å². The molecule has 0 aromatic rings. The Morgan fingerprint density at radius 3 is 2.86 bits per heavy atom. The molecule has 1 aliphatic heterocycles. The summed E-state index contributed by atoms with van der Waals surface area (Å²) in [6.07, 6.45) is 5.62. The molecule has 14 heavy (non-hydrogen) atoms.